The van der Waals surface area contributed by atoms with E-state index in [1.807, 2.05) is 18.2 Å². The molecule has 0 aliphatic heterocycles. The van der Waals surface area contributed by atoms with Crippen LogP contribution in [0.15, 0.2) is 65.4 Å². The molecule has 23 heavy (non-hydrogen) atoms. The minimum Gasteiger partial charge on any atom is -0.463 e. The molecule has 4 nitrogen and oxygen atoms in total. The minimum atomic E-state index is -0.308. The first kappa shape index (κ1) is 15.0. The molecule has 1 amide bonds. The lowest BCUT2D eigenvalue weighted by Crippen LogP contribution is -2.24. The van der Waals surface area contributed by atoms with Crippen molar-refractivity contribution < 1.29 is 13.6 Å². The van der Waals surface area contributed by atoms with E-state index >= 15 is 0 Å². The van der Waals surface area contributed by atoms with Crippen molar-refractivity contribution in [3.63, 3.8) is 0 Å². The van der Waals surface area contributed by atoms with Gasteiger partial charge in [0.05, 0.1) is 12.7 Å². The number of carbonyl (C=O) groups excluding carboxylic acids is 1. The average Bonchev–Trinajstić information content (AvgIpc) is 3.10. The second kappa shape index (κ2) is 6.87. The van der Waals surface area contributed by atoms with E-state index in [0.29, 0.717) is 12.3 Å². The molecule has 0 spiro atoms. The van der Waals surface area contributed by atoms with Crippen molar-refractivity contribution in [3.05, 3.63) is 77.9 Å². The van der Waals surface area contributed by atoms with Crippen LogP contribution in [0.3, 0.4) is 0 Å². The maximum atomic E-state index is 12.8. The number of rotatable bonds is 5. The largest absolute Gasteiger partial charge is 0.463 e. The molecule has 1 aromatic carbocycles. The number of hydrogen-bond acceptors (Lipinski definition) is 3. The van der Waals surface area contributed by atoms with Gasteiger partial charge in [0, 0.05) is 12.7 Å². The Kier molecular flexibility index (Phi) is 4.47. The number of carbonyl (C=O) groups is 1. The predicted molar refractivity (Wildman–Crippen MR) is 83.9 cm³/mol. The number of hydrogen-bond donors (Lipinski definition) is 1. The molecule has 3 aromatic rings. The predicted octanol–water partition coefficient (Wildman–Crippen LogP) is 3.34. The fraction of sp³-hybridized carbons (Fsp3) is 0.111. The SMILES string of the molecule is O=C(Cc1ccc(F)cc1)NCc1ccc(-c2ccco2)nc1. The van der Waals surface area contributed by atoms with Gasteiger partial charge < -0.3 is 9.73 Å². The van der Waals surface area contributed by atoms with Crippen molar-refractivity contribution >= 4 is 5.91 Å². The third-order valence-corrected chi connectivity index (χ3v) is 3.37. The van der Waals surface area contributed by atoms with Crippen molar-refractivity contribution in [1.82, 2.24) is 10.3 Å². The van der Waals surface area contributed by atoms with E-state index in [0.717, 1.165) is 16.8 Å². The van der Waals surface area contributed by atoms with E-state index in [2.05, 4.69) is 10.3 Å². The van der Waals surface area contributed by atoms with Gasteiger partial charge in [-0.2, -0.15) is 0 Å². The monoisotopic (exact) mass is 310 g/mol. The van der Waals surface area contributed by atoms with Crippen LogP contribution in [0, 0.1) is 5.82 Å². The summed E-state index contributed by atoms with van der Waals surface area (Å²) in [6.07, 6.45) is 3.52. The van der Waals surface area contributed by atoms with Crippen LogP contribution in [-0.2, 0) is 17.8 Å². The third kappa shape index (κ3) is 4.03. The molecule has 1 N–H and O–H groups in total. The summed E-state index contributed by atoms with van der Waals surface area (Å²) >= 11 is 0. The second-order valence-corrected chi connectivity index (χ2v) is 5.11. The van der Waals surface area contributed by atoms with Gasteiger partial charge in [-0.3, -0.25) is 9.78 Å². The highest BCUT2D eigenvalue weighted by Gasteiger charge is 2.05. The van der Waals surface area contributed by atoms with E-state index < -0.39 is 0 Å². The Labute approximate surface area is 133 Å². The number of nitrogens with one attached hydrogen (secondary N) is 1. The lowest BCUT2D eigenvalue weighted by atomic mass is 10.1. The van der Waals surface area contributed by atoms with E-state index in [4.69, 9.17) is 4.42 Å². The highest BCUT2D eigenvalue weighted by atomic mass is 19.1. The molecule has 0 aliphatic carbocycles. The number of pyridine rings is 1. The van der Waals surface area contributed by atoms with Crippen LogP contribution < -0.4 is 5.32 Å². The molecule has 5 heteroatoms. The van der Waals surface area contributed by atoms with Gasteiger partial charge in [0.25, 0.3) is 0 Å². The summed E-state index contributed by atoms with van der Waals surface area (Å²) < 4.78 is 18.1. The van der Waals surface area contributed by atoms with Gasteiger partial charge in [0.15, 0.2) is 5.76 Å². The lowest BCUT2D eigenvalue weighted by Gasteiger charge is -2.06. The zero-order chi connectivity index (χ0) is 16.1. The van der Waals surface area contributed by atoms with E-state index in [-0.39, 0.29) is 18.1 Å². The van der Waals surface area contributed by atoms with Crippen LogP contribution in [0.4, 0.5) is 4.39 Å². The summed E-state index contributed by atoms with van der Waals surface area (Å²) in [6, 6.07) is 13.3. The summed E-state index contributed by atoms with van der Waals surface area (Å²) in [5, 5.41) is 2.82. The van der Waals surface area contributed by atoms with E-state index in [1.165, 1.54) is 12.1 Å². The molecule has 116 valence electrons. The number of furan rings is 1. The Hall–Kier alpha value is -2.95. The molecular formula is C18H15FN2O2. The maximum Gasteiger partial charge on any atom is 0.224 e. The first-order valence-electron chi connectivity index (χ1n) is 7.21. The smallest absolute Gasteiger partial charge is 0.224 e. The van der Waals surface area contributed by atoms with Crippen LogP contribution in [0.2, 0.25) is 0 Å². The zero-order valence-corrected chi connectivity index (χ0v) is 12.3. The van der Waals surface area contributed by atoms with Crippen molar-refractivity contribution in [1.29, 1.82) is 0 Å². The second-order valence-electron chi connectivity index (χ2n) is 5.11. The standard InChI is InChI=1S/C18H15FN2O2/c19-15-6-3-13(4-7-15)10-18(22)21-12-14-5-8-16(20-11-14)17-2-1-9-23-17/h1-9,11H,10,12H2,(H,21,22). The Bertz CT molecular complexity index is 766. The average molecular weight is 310 g/mol. The Morgan fingerprint density at radius 3 is 2.52 bits per heavy atom. The molecule has 2 aromatic heterocycles. The fourth-order valence-electron chi connectivity index (χ4n) is 2.15. The number of benzene rings is 1. The van der Waals surface area contributed by atoms with E-state index in [1.54, 1.807) is 30.7 Å². The van der Waals surface area contributed by atoms with Crippen molar-refractivity contribution in [2.75, 3.05) is 0 Å². The Morgan fingerprint density at radius 1 is 1.09 bits per heavy atom. The first-order chi connectivity index (χ1) is 11.2. The molecular weight excluding hydrogens is 295 g/mol. The molecule has 0 saturated heterocycles. The van der Waals surface area contributed by atoms with Crippen LogP contribution in [0.25, 0.3) is 11.5 Å². The van der Waals surface area contributed by atoms with Gasteiger partial charge in [-0.05, 0) is 41.5 Å². The van der Waals surface area contributed by atoms with Gasteiger partial charge in [0.1, 0.15) is 11.5 Å². The van der Waals surface area contributed by atoms with Crippen LogP contribution >= 0.6 is 0 Å². The topological polar surface area (TPSA) is 55.1 Å². The van der Waals surface area contributed by atoms with Gasteiger partial charge in [-0.25, -0.2) is 4.39 Å². The van der Waals surface area contributed by atoms with Crippen molar-refractivity contribution in [2.45, 2.75) is 13.0 Å². The Balaban J connectivity index is 1.53. The summed E-state index contributed by atoms with van der Waals surface area (Å²) in [7, 11) is 0. The number of halogens is 1. The molecule has 0 aliphatic rings. The maximum absolute atomic E-state index is 12.8. The molecule has 0 radical (unpaired) electrons. The lowest BCUT2D eigenvalue weighted by molar-refractivity contribution is -0.120. The van der Waals surface area contributed by atoms with Crippen LogP contribution in [-0.4, -0.2) is 10.9 Å². The normalized spacial score (nSPS) is 10.5. The molecule has 0 atom stereocenters. The summed E-state index contributed by atoms with van der Waals surface area (Å²) in [5.41, 5.74) is 2.42. The highest BCUT2D eigenvalue weighted by Crippen LogP contribution is 2.17. The molecule has 0 saturated carbocycles. The molecule has 2 heterocycles. The quantitative estimate of drug-likeness (QED) is 0.786. The molecule has 0 unspecified atom stereocenters. The van der Waals surface area contributed by atoms with Crippen molar-refractivity contribution in [2.24, 2.45) is 0 Å². The van der Waals surface area contributed by atoms with Crippen LogP contribution in [0.1, 0.15) is 11.1 Å². The summed E-state index contributed by atoms with van der Waals surface area (Å²) in [4.78, 5) is 16.2. The fourth-order valence-corrected chi connectivity index (χ4v) is 2.15. The van der Waals surface area contributed by atoms with Crippen LogP contribution in [0.5, 0.6) is 0 Å². The summed E-state index contributed by atoms with van der Waals surface area (Å²) in [5.74, 6) is 0.278. The van der Waals surface area contributed by atoms with Gasteiger partial charge in [-0.1, -0.05) is 18.2 Å². The third-order valence-electron chi connectivity index (χ3n) is 3.37. The number of nitrogens with zero attached hydrogens (tertiary/aromatic N) is 1. The van der Waals surface area contributed by atoms with Crippen molar-refractivity contribution in [3.8, 4) is 11.5 Å². The number of aromatic nitrogens is 1. The first-order valence-corrected chi connectivity index (χ1v) is 7.21. The molecule has 0 fully saturated rings. The van der Waals surface area contributed by atoms with Gasteiger partial charge in [-0.15, -0.1) is 0 Å². The molecule has 3 rings (SSSR count). The minimum absolute atomic E-state index is 0.119. The van der Waals surface area contributed by atoms with Gasteiger partial charge >= 0.3 is 0 Å². The number of amides is 1. The molecule has 0 bridgehead atoms. The highest BCUT2D eigenvalue weighted by molar-refractivity contribution is 5.78. The Morgan fingerprint density at radius 2 is 1.87 bits per heavy atom. The van der Waals surface area contributed by atoms with E-state index in [9.17, 15) is 9.18 Å². The summed E-state index contributed by atoms with van der Waals surface area (Å²) in [6.45, 7) is 0.394. The zero-order valence-electron chi connectivity index (χ0n) is 12.3. The van der Waals surface area contributed by atoms with Gasteiger partial charge in [0.2, 0.25) is 5.91 Å².